The van der Waals surface area contributed by atoms with Gasteiger partial charge in [-0.25, -0.2) is 4.79 Å². The van der Waals surface area contributed by atoms with Crippen molar-refractivity contribution in [2.24, 2.45) is 0 Å². The molecule has 0 radical (unpaired) electrons. The van der Waals surface area contributed by atoms with Gasteiger partial charge in [-0.15, -0.1) is 11.8 Å². The van der Waals surface area contributed by atoms with E-state index in [1.54, 1.807) is 11.8 Å². The topological polar surface area (TPSA) is 78.4 Å². The Labute approximate surface area is 109 Å². The fourth-order valence-electron chi connectivity index (χ4n) is 1.79. The molecule has 0 spiro atoms. The molecule has 2 rings (SSSR count). The van der Waals surface area contributed by atoms with Crippen molar-refractivity contribution in [3.8, 4) is 0 Å². The fourth-order valence-corrected chi connectivity index (χ4v) is 3.04. The summed E-state index contributed by atoms with van der Waals surface area (Å²) in [7, 11) is 0. The standard InChI is InChI=1S/C12H14N2O3S/c15-11(16)7-14-12(17)13-6-9-5-8-3-1-2-4-10(8)18-9/h1-4,9H,5-7H2,(H,15,16)(H2,13,14,17). The number of urea groups is 1. The number of thioether (sulfide) groups is 1. The predicted molar refractivity (Wildman–Crippen MR) is 68.8 cm³/mol. The molecule has 1 unspecified atom stereocenters. The SMILES string of the molecule is O=C(O)CNC(=O)NCC1Cc2ccccc2S1. The van der Waals surface area contributed by atoms with Gasteiger partial charge in [-0.2, -0.15) is 0 Å². The molecule has 0 aliphatic carbocycles. The number of fused-ring (bicyclic) bond motifs is 1. The van der Waals surface area contributed by atoms with E-state index in [2.05, 4.69) is 22.8 Å². The van der Waals surface area contributed by atoms with Crippen LogP contribution in [0.15, 0.2) is 29.2 Å². The number of nitrogens with one attached hydrogen (secondary N) is 2. The van der Waals surface area contributed by atoms with Crippen LogP contribution in [0, 0.1) is 0 Å². The maximum atomic E-state index is 11.3. The van der Waals surface area contributed by atoms with Gasteiger partial charge in [0.05, 0.1) is 0 Å². The Morgan fingerprint density at radius 2 is 2.11 bits per heavy atom. The van der Waals surface area contributed by atoms with Crippen molar-refractivity contribution < 1.29 is 14.7 Å². The van der Waals surface area contributed by atoms with Gasteiger partial charge in [-0.3, -0.25) is 4.79 Å². The highest BCUT2D eigenvalue weighted by molar-refractivity contribution is 8.00. The second-order valence-electron chi connectivity index (χ2n) is 4.01. The van der Waals surface area contributed by atoms with E-state index < -0.39 is 12.0 Å². The molecule has 1 atom stereocenters. The van der Waals surface area contributed by atoms with Crippen molar-refractivity contribution in [1.82, 2.24) is 10.6 Å². The van der Waals surface area contributed by atoms with Crippen molar-refractivity contribution in [1.29, 1.82) is 0 Å². The molecule has 0 bridgehead atoms. The Hall–Kier alpha value is -1.69. The van der Waals surface area contributed by atoms with E-state index in [-0.39, 0.29) is 6.54 Å². The van der Waals surface area contributed by atoms with Crippen LogP contribution in [0.2, 0.25) is 0 Å². The number of carboxylic acids is 1. The summed E-state index contributed by atoms with van der Waals surface area (Å²) < 4.78 is 0. The lowest BCUT2D eigenvalue weighted by molar-refractivity contribution is -0.135. The van der Waals surface area contributed by atoms with E-state index in [1.807, 2.05) is 12.1 Å². The first kappa shape index (κ1) is 12.8. The Bertz CT molecular complexity index is 439. The third-order valence-corrected chi connectivity index (χ3v) is 3.92. The molecule has 0 saturated heterocycles. The highest BCUT2D eigenvalue weighted by Crippen LogP contribution is 2.36. The lowest BCUT2D eigenvalue weighted by Crippen LogP contribution is -2.41. The van der Waals surface area contributed by atoms with Gasteiger partial charge in [0, 0.05) is 16.7 Å². The highest BCUT2D eigenvalue weighted by atomic mass is 32.2. The van der Waals surface area contributed by atoms with Crippen LogP contribution in [-0.4, -0.2) is 35.4 Å². The van der Waals surface area contributed by atoms with Gasteiger partial charge in [0.2, 0.25) is 0 Å². The number of aliphatic carboxylic acids is 1. The van der Waals surface area contributed by atoms with Crippen LogP contribution in [0.25, 0.3) is 0 Å². The largest absolute Gasteiger partial charge is 0.480 e. The maximum Gasteiger partial charge on any atom is 0.323 e. The minimum Gasteiger partial charge on any atom is -0.480 e. The lowest BCUT2D eigenvalue weighted by atomic mass is 10.1. The molecule has 0 saturated carbocycles. The van der Waals surface area contributed by atoms with Crippen molar-refractivity contribution in [3.05, 3.63) is 29.8 Å². The van der Waals surface area contributed by atoms with E-state index in [1.165, 1.54) is 10.5 Å². The second kappa shape index (κ2) is 5.77. The molecule has 1 aliphatic rings. The molecule has 1 aromatic carbocycles. The third kappa shape index (κ3) is 3.40. The molecule has 18 heavy (non-hydrogen) atoms. The summed E-state index contributed by atoms with van der Waals surface area (Å²) in [5.41, 5.74) is 1.31. The zero-order valence-corrected chi connectivity index (χ0v) is 10.5. The van der Waals surface area contributed by atoms with Crippen LogP contribution in [0.1, 0.15) is 5.56 Å². The normalized spacial score (nSPS) is 17.0. The van der Waals surface area contributed by atoms with Gasteiger partial charge in [-0.05, 0) is 18.1 Å². The minimum atomic E-state index is -1.05. The summed E-state index contributed by atoms with van der Waals surface area (Å²) in [6, 6.07) is 7.74. The molecule has 3 N–H and O–H groups in total. The molecule has 6 heteroatoms. The molecule has 1 aromatic rings. The number of carbonyl (C=O) groups excluding carboxylic acids is 1. The van der Waals surface area contributed by atoms with Crippen LogP contribution in [0.3, 0.4) is 0 Å². The Morgan fingerprint density at radius 1 is 1.33 bits per heavy atom. The summed E-state index contributed by atoms with van der Waals surface area (Å²) >= 11 is 1.74. The number of benzene rings is 1. The van der Waals surface area contributed by atoms with Gasteiger partial charge >= 0.3 is 12.0 Å². The van der Waals surface area contributed by atoms with Crippen molar-refractivity contribution in [2.45, 2.75) is 16.6 Å². The number of amides is 2. The minimum absolute atomic E-state index is 0.318. The number of rotatable bonds is 4. The number of hydrogen-bond acceptors (Lipinski definition) is 3. The summed E-state index contributed by atoms with van der Waals surface area (Å²) in [5.74, 6) is -1.05. The first-order chi connectivity index (χ1) is 8.65. The van der Waals surface area contributed by atoms with E-state index in [4.69, 9.17) is 5.11 Å². The average molecular weight is 266 g/mol. The van der Waals surface area contributed by atoms with Gasteiger partial charge in [0.25, 0.3) is 0 Å². The number of carbonyl (C=O) groups is 2. The van der Waals surface area contributed by atoms with E-state index in [0.29, 0.717) is 11.8 Å². The zero-order valence-electron chi connectivity index (χ0n) is 9.68. The Morgan fingerprint density at radius 3 is 2.83 bits per heavy atom. The van der Waals surface area contributed by atoms with Crippen LogP contribution < -0.4 is 10.6 Å². The predicted octanol–water partition coefficient (Wildman–Crippen LogP) is 1.09. The summed E-state index contributed by atoms with van der Waals surface area (Å²) in [6.07, 6.45) is 0.931. The molecular weight excluding hydrogens is 252 g/mol. The molecule has 0 aromatic heterocycles. The summed E-state index contributed by atoms with van der Waals surface area (Å²) in [4.78, 5) is 22.8. The summed E-state index contributed by atoms with van der Waals surface area (Å²) in [6.45, 7) is 0.175. The highest BCUT2D eigenvalue weighted by Gasteiger charge is 2.21. The first-order valence-electron chi connectivity index (χ1n) is 5.63. The Balaban J connectivity index is 1.73. The van der Waals surface area contributed by atoms with Crippen LogP contribution in [0.4, 0.5) is 4.79 Å². The Kier molecular flexibility index (Phi) is 4.09. The van der Waals surface area contributed by atoms with Crippen molar-refractivity contribution in [3.63, 3.8) is 0 Å². The van der Waals surface area contributed by atoms with E-state index >= 15 is 0 Å². The van der Waals surface area contributed by atoms with E-state index in [9.17, 15) is 9.59 Å². The van der Waals surface area contributed by atoms with E-state index in [0.717, 1.165) is 6.42 Å². The molecule has 1 aliphatic heterocycles. The third-order valence-electron chi connectivity index (χ3n) is 2.60. The molecule has 2 amide bonds. The fraction of sp³-hybridized carbons (Fsp3) is 0.333. The van der Waals surface area contributed by atoms with Gasteiger partial charge in [0.15, 0.2) is 0 Å². The van der Waals surface area contributed by atoms with Gasteiger partial charge in [0.1, 0.15) is 6.54 Å². The van der Waals surface area contributed by atoms with Crippen LogP contribution in [-0.2, 0) is 11.2 Å². The number of carboxylic acid groups (broad SMARTS) is 1. The van der Waals surface area contributed by atoms with Crippen LogP contribution >= 0.6 is 11.8 Å². The monoisotopic (exact) mass is 266 g/mol. The average Bonchev–Trinajstić information content (AvgIpc) is 2.76. The lowest BCUT2D eigenvalue weighted by Gasteiger charge is -2.10. The van der Waals surface area contributed by atoms with Crippen LogP contribution in [0.5, 0.6) is 0 Å². The second-order valence-corrected chi connectivity index (χ2v) is 5.35. The van der Waals surface area contributed by atoms with Crippen molar-refractivity contribution in [2.75, 3.05) is 13.1 Å². The maximum absolute atomic E-state index is 11.3. The first-order valence-corrected chi connectivity index (χ1v) is 6.51. The quantitative estimate of drug-likeness (QED) is 0.762. The van der Waals surface area contributed by atoms with Gasteiger partial charge < -0.3 is 15.7 Å². The molecule has 0 fully saturated rings. The molecule has 1 heterocycles. The zero-order chi connectivity index (χ0) is 13.0. The molecular formula is C12H14N2O3S. The smallest absolute Gasteiger partial charge is 0.323 e. The number of hydrogen-bond donors (Lipinski definition) is 3. The molecule has 96 valence electrons. The summed E-state index contributed by atoms with van der Waals surface area (Å²) in [5, 5.41) is 13.7. The van der Waals surface area contributed by atoms with Crippen molar-refractivity contribution >= 4 is 23.8 Å². The van der Waals surface area contributed by atoms with Gasteiger partial charge in [-0.1, -0.05) is 18.2 Å². The molecule has 5 nitrogen and oxygen atoms in total.